The molecule has 0 amide bonds. The van der Waals surface area contributed by atoms with Crippen LogP contribution in [0.4, 0.5) is 0 Å². The monoisotopic (exact) mass is 202 g/mol. The number of fused-ring (bicyclic) bond motifs is 1. The molecule has 1 saturated carbocycles. The van der Waals surface area contributed by atoms with Crippen LogP contribution in [0.2, 0.25) is 0 Å². The van der Waals surface area contributed by atoms with Gasteiger partial charge in [-0.15, -0.1) is 12.3 Å². The van der Waals surface area contributed by atoms with Gasteiger partial charge in [-0.05, 0) is 36.2 Å². The van der Waals surface area contributed by atoms with Gasteiger partial charge in [0.2, 0.25) is 0 Å². The Balaban J connectivity index is 2.25. The maximum atomic E-state index is 9.35. The average molecular weight is 202 g/mol. The van der Waals surface area contributed by atoms with Gasteiger partial charge in [-0.2, -0.15) is 0 Å². The van der Waals surface area contributed by atoms with Crippen molar-refractivity contribution in [3.05, 3.63) is 23.8 Å². The quantitative estimate of drug-likeness (QED) is 0.648. The summed E-state index contributed by atoms with van der Waals surface area (Å²) in [6, 6.07) is 0. The Bertz CT molecular complexity index is 345. The number of terminal acetylenes is 1. The van der Waals surface area contributed by atoms with E-state index in [2.05, 4.69) is 25.0 Å². The molecule has 0 unspecified atom stereocenters. The summed E-state index contributed by atoms with van der Waals surface area (Å²) in [6.45, 7) is 2.45. The van der Waals surface area contributed by atoms with Crippen molar-refractivity contribution in [1.29, 1.82) is 0 Å². The van der Waals surface area contributed by atoms with Crippen molar-refractivity contribution >= 4 is 0 Å². The van der Waals surface area contributed by atoms with Crippen LogP contribution in [0.5, 0.6) is 0 Å². The summed E-state index contributed by atoms with van der Waals surface area (Å²) < 4.78 is 0. The maximum Gasteiger partial charge on any atom is 0.0647 e. The minimum absolute atomic E-state index is 0.169. The van der Waals surface area contributed by atoms with Crippen molar-refractivity contribution in [2.45, 2.75) is 26.2 Å². The largest absolute Gasteiger partial charge is 0.392 e. The zero-order valence-electron chi connectivity index (χ0n) is 9.24. The molecule has 0 saturated heterocycles. The van der Waals surface area contributed by atoms with E-state index in [-0.39, 0.29) is 12.0 Å². The van der Waals surface area contributed by atoms with Crippen LogP contribution in [-0.2, 0) is 0 Å². The topological polar surface area (TPSA) is 20.2 Å². The molecule has 3 atom stereocenters. The molecule has 0 spiro atoms. The molecule has 0 bridgehead atoms. The molecule has 0 aromatic carbocycles. The third-order valence-corrected chi connectivity index (χ3v) is 4.00. The van der Waals surface area contributed by atoms with Crippen LogP contribution < -0.4 is 0 Å². The Labute approximate surface area is 91.9 Å². The first-order chi connectivity index (χ1) is 7.19. The van der Waals surface area contributed by atoms with Crippen molar-refractivity contribution in [2.75, 3.05) is 6.61 Å². The van der Waals surface area contributed by atoms with Crippen molar-refractivity contribution in [3.8, 4) is 12.3 Å². The van der Waals surface area contributed by atoms with E-state index in [4.69, 9.17) is 6.42 Å². The van der Waals surface area contributed by atoms with Gasteiger partial charge in [0.15, 0.2) is 0 Å². The molecule has 1 heteroatoms. The van der Waals surface area contributed by atoms with E-state index in [9.17, 15) is 5.11 Å². The second kappa shape index (κ2) is 3.87. The molecule has 15 heavy (non-hydrogen) atoms. The van der Waals surface area contributed by atoms with Gasteiger partial charge < -0.3 is 5.11 Å². The van der Waals surface area contributed by atoms with Crippen molar-refractivity contribution in [2.24, 2.45) is 17.3 Å². The van der Waals surface area contributed by atoms with E-state index in [0.29, 0.717) is 11.8 Å². The summed E-state index contributed by atoms with van der Waals surface area (Å²) in [5.74, 6) is 3.71. The molecular weight excluding hydrogens is 184 g/mol. The molecule has 80 valence electrons. The van der Waals surface area contributed by atoms with E-state index in [0.717, 1.165) is 24.8 Å². The van der Waals surface area contributed by atoms with Crippen molar-refractivity contribution in [1.82, 2.24) is 0 Å². The standard InChI is InChI=1S/C14H18O/c1-3-11-6-8-14(2)7-4-5-12(10-15)13(14)9-11/h1,4-5,7,11,13,15H,6,8-10H2,2H3/t11-,13+,14+/m1/s1. The summed E-state index contributed by atoms with van der Waals surface area (Å²) in [5, 5.41) is 9.35. The molecule has 2 rings (SSSR count). The first kappa shape index (κ1) is 10.5. The molecule has 0 heterocycles. The third-order valence-electron chi connectivity index (χ3n) is 4.00. The van der Waals surface area contributed by atoms with Gasteiger partial charge in [0.25, 0.3) is 0 Å². The first-order valence-electron chi connectivity index (χ1n) is 5.65. The molecule has 0 radical (unpaired) electrons. The van der Waals surface area contributed by atoms with Crippen LogP contribution >= 0.6 is 0 Å². The molecule has 2 aliphatic rings. The minimum Gasteiger partial charge on any atom is -0.392 e. The zero-order valence-corrected chi connectivity index (χ0v) is 9.24. The fraction of sp³-hybridized carbons (Fsp3) is 0.571. The van der Waals surface area contributed by atoms with Crippen LogP contribution in [0.25, 0.3) is 0 Å². The summed E-state index contributed by atoms with van der Waals surface area (Å²) in [7, 11) is 0. The van der Waals surface area contributed by atoms with Crippen LogP contribution in [0.15, 0.2) is 23.8 Å². The number of aliphatic hydroxyl groups excluding tert-OH is 1. The molecular formula is C14H18O. The van der Waals surface area contributed by atoms with Crippen LogP contribution in [0, 0.1) is 29.6 Å². The summed E-state index contributed by atoms with van der Waals surface area (Å²) >= 11 is 0. The van der Waals surface area contributed by atoms with Gasteiger partial charge >= 0.3 is 0 Å². The number of allylic oxidation sites excluding steroid dienone is 3. The molecule has 0 aromatic rings. The van der Waals surface area contributed by atoms with Gasteiger partial charge in [0, 0.05) is 5.92 Å². The van der Waals surface area contributed by atoms with Crippen LogP contribution in [0.3, 0.4) is 0 Å². The lowest BCUT2D eigenvalue weighted by Gasteiger charge is -2.44. The summed E-state index contributed by atoms with van der Waals surface area (Å²) in [6.07, 6.45) is 15.2. The number of rotatable bonds is 1. The van der Waals surface area contributed by atoms with Crippen LogP contribution in [-0.4, -0.2) is 11.7 Å². The lowest BCUT2D eigenvalue weighted by Crippen LogP contribution is -2.35. The average Bonchev–Trinajstić information content (AvgIpc) is 2.27. The summed E-state index contributed by atoms with van der Waals surface area (Å²) in [4.78, 5) is 0. The number of hydrogen-bond acceptors (Lipinski definition) is 1. The second-order valence-corrected chi connectivity index (χ2v) is 4.96. The first-order valence-corrected chi connectivity index (χ1v) is 5.65. The molecule has 0 aliphatic heterocycles. The fourth-order valence-corrected chi connectivity index (χ4v) is 2.93. The van der Waals surface area contributed by atoms with Gasteiger partial charge in [0.1, 0.15) is 0 Å². The molecule has 2 aliphatic carbocycles. The van der Waals surface area contributed by atoms with Crippen molar-refractivity contribution in [3.63, 3.8) is 0 Å². The van der Waals surface area contributed by atoms with Gasteiger partial charge in [0.05, 0.1) is 6.61 Å². The predicted octanol–water partition coefficient (Wildman–Crippen LogP) is 2.53. The van der Waals surface area contributed by atoms with E-state index in [1.54, 1.807) is 0 Å². The zero-order chi connectivity index (χ0) is 10.9. The molecule has 1 fully saturated rings. The van der Waals surface area contributed by atoms with Gasteiger partial charge in [-0.25, -0.2) is 0 Å². The van der Waals surface area contributed by atoms with E-state index >= 15 is 0 Å². The Kier molecular flexibility index (Phi) is 2.71. The Morgan fingerprint density at radius 3 is 3.13 bits per heavy atom. The lowest BCUT2D eigenvalue weighted by atomic mass is 9.60. The molecule has 1 nitrogen and oxygen atoms in total. The van der Waals surface area contributed by atoms with E-state index in [1.165, 1.54) is 0 Å². The highest BCUT2D eigenvalue weighted by Gasteiger charge is 2.40. The lowest BCUT2D eigenvalue weighted by molar-refractivity contribution is 0.158. The predicted molar refractivity (Wildman–Crippen MR) is 62.1 cm³/mol. The normalized spacial score (nSPS) is 39.1. The molecule has 1 N–H and O–H groups in total. The Morgan fingerprint density at radius 2 is 2.47 bits per heavy atom. The smallest absolute Gasteiger partial charge is 0.0647 e. The highest BCUT2D eigenvalue weighted by molar-refractivity contribution is 5.28. The SMILES string of the molecule is C#C[C@@H]1CC[C@]2(C)C=CC=C(CO)[C@@H]2C1. The Morgan fingerprint density at radius 1 is 1.67 bits per heavy atom. The van der Waals surface area contributed by atoms with Crippen molar-refractivity contribution < 1.29 is 5.11 Å². The van der Waals surface area contributed by atoms with Gasteiger partial charge in [-0.3, -0.25) is 0 Å². The third kappa shape index (κ3) is 1.75. The van der Waals surface area contributed by atoms with E-state index < -0.39 is 0 Å². The van der Waals surface area contributed by atoms with Crippen LogP contribution in [0.1, 0.15) is 26.2 Å². The number of hydrogen-bond donors (Lipinski definition) is 1. The maximum absolute atomic E-state index is 9.35. The molecule has 0 aromatic heterocycles. The van der Waals surface area contributed by atoms with E-state index in [1.807, 2.05) is 6.08 Å². The number of aliphatic hydroxyl groups is 1. The van der Waals surface area contributed by atoms with Gasteiger partial charge in [-0.1, -0.05) is 25.2 Å². The highest BCUT2D eigenvalue weighted by atomic mass is 16.3. The highest BCUT2D eigenvalue weighted by Crippen LogP contribution is 2.49. The Hall–Kier alpha value is -1.00. The fourth-order valence-electron chi connectivity index (χ4n) is 2.93. The summed E-state index contributed by atoms with van der Waals surface area (Å²) in [5.41, 5.74) is 1.38. The second-order valence-electron chi connectivity index (χ2n) is 4.96. The minimum atomic E-state index is 0.169.